The quantitative estimate of drug-likeness (QED) is 0.715. The van der Waals surface area contributed by atoms with E-state index in [-0.39, 0.29) is 17.4 Å². The molecule has 1 aromatic rings. The van der Waals surface area contributed by atoms with Crippen molar-refractivity contribution in [3.63, 3.8) is 0 Å². The van der Waals surface area contributed by atoms with Crippen LogP contribution in [0.2, 0.25) is 0 Å². The van der Waals surface area contributed by atoms with Gasteiger partial charge in [-0.05, 0) is 6.07 Å². The Hall–Kier alpha value is -1.78. The summed E-state index contributed by atoms with van der Waals surface area (Å²) < 4.78 is 0. The van der Waals surface area contributed by atoms with E-state index in [9.17, 15) is 9.59 Å². The molecule has 2 N–H and O–H groups in total. The Morgan fingerprint density at radius 3 is 2.50 bits per heavy atom. The highest BCUT2D eigenvalue weighted by Gasteiger charge is 2.14. The fraction of sp³-hybridized carbons (Fsp3) is 0.273. The standard InChI is InChI=1S/C11H14BNO3/c1-6(2)10(14)13-9-4-3-7(12)5-8(9)11(15)16/h3-6H,12H2,1-2H3,(H,13,14)(H,15,16). The van der Waals surface area contributed by atoms with E-state index >= 15 is 0 Å². The van der Waals surface area contributed by atoms with E-state index in [4.69, 9.17) is 5.11 Å². The molecule has 0 saturated heterocycles. The Morgan fingerprint density at radius 2 is 2.00 bits per heavy atom. The predicted octanol–water partition coefficient (Wildman–Crippen LogP) is 0.238. The lowest BCUT2D eigenvalue weighted by atomic mass is 9.93. The summed E-state index contributed by atoms with van der Waals surface area (Å²) in [7, 11) is 1.81. The zero-order valence-electron chi connectivity index (χ0n) is 9.57. The summed E-state index contributed by atoms with van der Waals surface area (Å²) in [6.45, 7) is 3.51. The molecule has 5 heteroatoms. The van der Waals surface area contributed by atoms with Gasteiger partial charge >= 0.3 is 5.97 Å². The van der Waals surface area contributed by atoms with Crippen molar-refractivity contribution in [2.45, 2.75) is 13.8 Å². The number of rotatable bonds is 3. The Kier molecular flexibility index (Phi) is 3.71. The Bertz CT molecular complexity index is 429. The first-order chi connectivity index (χ1) is 7.41. The maximum atomic E-state index is 11.5. The van der Waals surface area contributed by atoms with Crippen molar-refractivity contribution in [3.8, 4) is 0 Å². The van der Waals surface area contributed by atoms with Gasteiger partial charge in [-0.1, -0.05) is 31.4 Å². The van der Waals surface area contributed by atoms with E-state index in [1.807, 2.05) is 0 Å². The second-order valence-corrected chi connectivity index (χ2v) is 4.00. The third-order valence-electron chi connectivity index (χ3n) is 2.19. The molecule has 0 spiro atoms. The van der Waals surface area contributed by atoms with E-state index in [2.05, 4.69) is 5.32 Å². The summed E-state index contributed by atoms with van der Waals surface area (Å²) >= 11 is 0. The van der Waals surface area contributed by atoms with Gasteiger partial charge in [0.15, 0.2) is 0 Å². The number of aromatic carboxylic acids is 1. The molecule has 1 amide bonds. The van der Waals surface area contributed by atoms with Crippen LogP contribution in [0, 0.1) is 5.92 Å². The molecule has 84 valence electrons. The van der Waals surface area contributed by atoms with E-state index < -0.39 is 5.97 Å². The van der Waals surface area contributed by atoms with Crippen molar-refractivity contribution in [2.75, 3.05) is 5.32 Å². The summed E-state index contributed by atoms with van der Waals surface area (Å²) in [6, 6.07) is 4.92. The van der Waals surface area contributed by atoms with Crippen molar-refractivity contribution >= 4 is 30.9 Å². The Balaban J connectivity index is 3.04. The molecule has 0 atom stereocenters. The first kappa shape index (κ1) is 12.3. The van der Waals surface area contributed by atoms with Crippen molar-refractivity contribution in [1.29, 1.82) is 0 Å². The van der Waals surface area contributed by atoms with Gasteiger partial charge in [0.05, 0.1) is 11.3 Å². The molecule has 0 aliphatic heterocycles. The van der Waals surface area contributed by atoms with Crippen LogP contribution in [-0.4, -0.2) is 24.8 Å². The van der Waals surface area contributed by atoms with Crippen LogP contribution in [0.5, 0.6) is 0 Å². The molecule has 1 aromatic carbocycles. The highest BCUT2D eigenvalue weighted by atomic mass is 16.4. The van der Waals surface area contributed by atoms with E-state index in [0.717, 1.165) is 5.46 Å². The number of carboxylic acids is 1. The molecule has 0 heterocycles. The largest absolute Gasteiger partial charge is 0.478 e. The number of amides is 1. The van der Waals surface area contributed by atoms with Crippen LogP contribution in [0.4, 0.5) is 5.69 Å². The molecule has 0 radical (unpaired) electrons. The van der Waals surface area contributed by atoms with Gasteiger partial charge in [-0.3, -0.25) is 4.79 Å². The van der Waals surface area contributed by atoms with Crippen molar-refractivity contribution < 1.29 is 14.7 Å². The number of carbonyl (C=O) groups excluding carboxylic acids is 1. The number of carboxylic acid groups (broad SMARTS) is 1. The Labute approximate surface area is 95.1 Å². The molecule has 4 nitrogen and oxygen atoms in total. The zero-order valence-corrected chi connectivity index (χ0v) is 9.57. The molecule has 0 fully saturated rings. The second-order valence-electron chi connectivity index (χ2n) is 4.00. The molecule has 0 unspecified atom stereocenters. The fourth-order valence-corrected chi connectivity index (χ4v) is 1.22. The minimum atomic E-state index is -1.04. The molecule has 1 rings (SSSR count). The van der Waals surface area contributed by atoms with E-state index in [1.165, 1.54) is 6.07 Å². The van der Waals surface area contributed by atoms with E-state index in [1.54, 1.807) is 33.8 Å². The summed E-state index contributed by atoms with van der Waals surface area (Å²) in [4.78, 5) is 22.4. The molecule has 16 heavy (non-hydrogen) atoms. The van der Waals surface area contributed by atoms with Gasteiger partial charge in [0.25, 0.3) is 0 Å². The summed E-state index contributed by atoms with van der Waals surface area (Å²) in [6.07, 6.45) is 0. The van der Waals surface area contributed by atoms with Gasteiger partial charge in [-0.15, -0.1) is 0 Å². The van der Waals surface area contributed by atoms with Gasteiger partial charge < -0.3 is 10.4 Å². The lowest BCUT2D eigenvalue weighted by Gasteiger charge is -2.10. The van der Waals surface area contributed by atoms with Gasteiger partial charge in [0, 0.05) is 5.92 Å². The first-order valence-electron chi connectivity index (χ1n) is 5.06. The highest BCUT2D eigenvalue weighted by Crippen LogP contribution is 2.14. The normalized spacial score (nSPS) is 10.2. The lowest BCUT2D eigenvalue weighted by molar-refractivity contribution is -0.118. The van der Waals surface area contributed by atoms with Crippen LogP contribution in [0.15, 0.2) is 18.2 Å². The van der Waals surface area contributed by atoms with Crippen LogP contribution in [-0.2, 0) is 4.79 Å². The smallest absolute Gasteiger partial charge is 0.337 e. The highest BCUT2D eigenvalue weighted by molar-refractivity contribution is 6.33. The van der Waals surface area contributed by atoms with Gasteiger partial charge in [-0.25, -0.2) is 4.79 Å². The maximum absolute atomic E-state index is 11.5. The maximum Gasteiger partial charge on any atom is 0.337 e. The van der Waals surface area contributed by atoms with Crippen LogP contribution in [0.3, 0.4) is 0 Å². The first-order valence-corrected chi connectivity index (χ1v) is 5.06. The number of anilines is 1. The SMILES string of the molecule is Bc1ccc(NC(=O)C(C)C)c(C(=O)O)c1. The van der Waals surface area contributed by atoms with Gasteiger partial charge in [0.2, 0.25) is 5.91 Å². The van der Waals surface area contributed by atoms with Crippen LogP contribution < -0.4 is 10.8 Å². The monoisotopic (exact) mass is 219 g/mol. The predicted molar refractivity (Wildman–Crippen MR) is 65.0 cm³/mol. The van der Waals surface area contributed by atoms with E-state index in [0.29, 0.717) is 5.69 Å². The van der Waals surface area contributed by atoms with Crippen molar-refractivity contribution in [1.82, 2.24) is 0 Å². The summed E-state index contributed by atoms with van der Waals surface area (Å²) in [5.41, 5.74) is 1.31. The third kappa shape index (κ3) is 2.86. The molecule has 0 aromatic heterocycles. The molecule has 0 aliphatic carbocycles. The molecular formula is C11H14BNO3. The average molecular weight is 219 g/mol. The third-order valence-corrected chi connectivity index (χ3v) is 2.19. The summed E-state index contributed by atoms with van der Waals surface area (Å²) in [5.74, 6) is -1.41. The van der Waals surface area contributed by atoms with Crippen LogP contribution in [0.1, 0.15) is 24.2 Å². The van der Waals surface area contributed by atoms with Crippen molar-refractivity contribution in [3.05, 3.63) is 23.8 Å². The molecule has 0 bridgehead atoms. The number of hydrogen-bond donors (Lipinski definition) is 2. The molecular weight excluding hydrogens is 205 g/mol. The number of benzene rings is 1. The number of carbonyl (C=O) groups is 2. The minimum Gasteiger partial charge on any atom is -0.478 e. The van der Waals surface area contributed by atoms with Crippen molar-refractivity contribution in [2.24, 2.45) is 5.92 Å². The van der Waals surface area contributed by atoms with Crippen LogP contribution >= 0.6 is 0 Å². The van der Waals surface area contributed by atoms with Crippen LogP contribution in [0.25, 0.3) is 0 Å². The Morgan fingerprint density at radius 1 is 1.38 bits per heavy atom. The average Bonchev–Trinajstić information content (AvgIpc) is 2.20. The number of hydrogen-bond acceptors (Lipinski definition) is 2. The van der Waals surface area contributed by atoms with Gasteiger partial charge in [0.1, 0.15) is 7.85 Å². The lowest BCUT2D eigenvalue weighted by Crippen LogP contribution is -2.20. The van der Waals surface area contributed by atoms with Gasteiger partial charge in [-0.2, -0.15) is 0 Å². The zero-order chi connectivity index (χ0) is 12.3. The second kappa shape index (κ2) is 4.83. The minimum absolute atomic E-state index is 0.119. The topological polar surface area (TPSA) is 66.4 Å². The fourth-order valence-electron chi connectivity index (χ4n) is 1.22. The summed E-state index contributed by atoms with van der Waals surface area (Å²) in [5, 5.41) is 11.6. The molecule has 0 saturated carbocycles. The number of nitrogens with one attached hydrogen (secondary N) is 1. The molecule has 0 aliphatic rings.